The number of carbonyl (C=O) groups is 2. The Kier molecular flexibility index (Phi) is 11.9. The van der Waals surface area contributed by atoms with Crippen molar-refractivity contribution in [2.24, 2.45) is 0 Å². The van der Waals surface area contributed by atoms with Gasteiger partial charge in [-0.3, -0.25) is 9.78 Å². The molecule has 4 aromatic rings. The summed E-state index contributed by atoms with van der Waals surface area (Å²) >= 11 is 0. The molecule has 1 amide bonds. The van der Waals surface area contributed by atoms with Crippen LogP contribution in [0.25, 0.3) is 22.0 Å². The molecule has 0 unspecified atom stereocenters. The van der Waals surface area contributed by atoms with Gasteiger partial charge in [-0.05, 0) is 85.8 Å². The third-order valence-corrected chi connectivity index (χ3v) is 5.44. The first-order valence-electron chi connectivity index (χ1n) is 12.2. The number of aryl methyl sites for hydroxylation is 1. The fraction of sp³-hybridized carbons (Fsp3) is 0.233. The average Bonchev–Trinajstić information content (AvgIpc) is 2.90. The zero-order valence-corrected chi connectivity index (χ0v) is 21.8. The van der Waals surface area contributed by atoms with Crippen LogP contribution in [-0.4, -0.2) is 50.4 Å². The van der Waals surface area contributed by atoms with Gasteiger partial charge in [0.25, 0.3) is 0 Å². The number of aromatic nitrogens is 1. The third-order valence-electron chi connectivity index (χ3n) is 5.44. The molecule has 0 saturated heterocycles. The lowest BCUT2D eigenvalue weighted by Gasteiger charge is -2.09. The van der Waals surface area contributed by atoms with Crippen molar-refractivity contribution in [3.63, 3.8) is 0 Å². The zero-order chi connectivity index (χ0) is 28.1. The Morgan fingerprint density at radius 2 is 1.63 bits per heavy atom. The predicted octanol–water partition coefficient (Wildman–Crippen LogP) is 4.47. The van der Waals surface area contributed by atoms with Gasteiger partial charge in [-0.15, -0.1) is 0 Å². The summed E-state index contributed by atoms with van der Waals surface area (Å²) < 4.78 is 0. The van der Waals surface area contributed by atoms with Crippen LogP contribution >= 0.6 is 0 Å². The molecule has 8 nitrogen and oxygen atoms in total. The standard InChI is InChI=1S/C18H15NO3.C10H13NO2.C2H6O/c1-11-7-16(18(21)22)15-9-14(5-6-17(15)19-11)13-4-2-3-12(8-13)10-20;1-8(11-7-12)6-9-2-4-10(13)5-3-9;1-2-3/h2-9,20H,10H2,1H3,(H,21,22);2-5,7-8,13H,6H2,1H3,(H,11,12);3H,2H2,1H3/t;8-;/m.1./s1. The molecule has 0 fully saturated rings. The van der Waals surface area contributed by atoms with Gasteiger partial charge in [-0.2, -0.15) is 0 Å². The maximum atomic E-state index is 11.5. The molecule has 1 aromatic heterocycles. The van der Waals surface area contributed by atoms with E-state index in [0.29, 0.717) is 23.0 Å². The second-order valence-electron chi connectivity index (χ2n) is 8.58. The number of phenolic OH excluding ortho intramolecular Hbond substituents is 1. The Bertz CT molecular complexity index is 1340. The van der Waals surface area contributed by atoms with Crippen LogP contribution < -0.4 is 5.32 Å². The van der Waals surface area contributed by atoms with Gasteiger partial charge in [0.2, 0.25) is 6.41 Å². The third kappa shape index (κ3) is 8.99. The van der Waals surface area contributed by atoms with E-state index < -0.39 is 5.97 Å². The number of aliphatic hydroxyl groups is 2. The summed E-state index contributed by atoms with van der Waals surface area (Å²) in [5.74, 6) is -0.698. The number of phenols is 1. The molecule has 38 heavy (non-hydrogen) atoms. The number of carboxylic acid groups (broad SMARTS) is 1. The molecule has 0 saturated carbocycles. The summed E-state index contributed by atoms with van der Waals surface area (Å²) in [6.45, 7) is 5.62. The fourth-order valence-electron chi connectivity index (χ4n) is 3.72. The molecule has 200 valence electrons. The number of amides is 1. The largest absolute Gasteiger partial charge is 0.508 e. The summed E-state index contributed by atoms with van der Waals surface area (Å²) in [5, 5.41) is 38.5. The average molecular weight is 519 g/mol. The molecule has 5 N–H and O–H groups in total. The maximum Gasteiger partial charge on any atom is 0.336 e. The minimum atomic E-state index is -0.961. The molecule has 0 aliphatic rings. The molecule has 1 heterocycles. The number of fused-ring (bicyclic) bond motifs is 1. The van der Waals surface area contributed by atoms with Crippen molar-refractivity contribution in [3.05, 3.63) is 95.2 Å². The number of nitrogens with one attached hydrogen (secondary N) is 1. The maximum absolute atomic E-state index is 11.5. The zero-order valence-electron chi connectivity index (χ0n) is 21.8. The highest BCUT2D eigenvalue weighted by atomic mass is 16.4. The van der Waals surface area contributed by atoms with Crippen LogP contribution in [-0.2, 0) is 17.8 Å². The smallest absolute Gasteiger partial charge is 0.336 e. The lowest BCUT2D eigenvalue weighted by Crippen LogP contribution is -2.26. The molecule has 0 spiro atoms. The van der Waals surface area contributed by atoms with Gasteiger partial charge < -0.3 is 25.7 Å². The van der Waals surface area contributed by atoms with Crippen molar-refractivity contribution in [2.75, 3.05) is 6.61 Å². The number of aromatic carboxylic acids is 1. The molecule has 0 radical (unpaired) electrons. The monoisotopic (exact) mass is 518 g/mol. The van der Waals surface area contributed by atoms with Gasteiger partial charge >= 0.3 is 5.97 Å². The first-order chi connectivity index (χ1) is 18.2. The van der Waals surface area contributed by atoms with Crippen LogP contribution in [0, 0.1) is 6.92 Å². The molecule has 3 aromatic carbocycles. The topological polar surface area (TPSA) is 140 Å². The second kappa shape index (κ2) is 15.1. The van der Waals surface area contributed by atoms with E-state index in [1.807, 2.05) is 61.5 Å². The Labute approximate surface area is 222 Å². The molecule has 0 bridgehead atoms. The molecule has 1 atom stereocenters. The SMILES string of the molecule is CCO.C[C@H](Cc1ccc(O)cc1)NC=O.Cc1cc(C(=O)O)c2cc(-c3cccc(CO)c3)ccc2n1. The number of rotatable bonds is 7. The van der Waals surface area contributed by atoms with Gasteiger partial charge in [0.15, 0.2) is 0 Å². The first-order valence-corrected chi connectivity index (χ1v) is 12.2. The summed E-state index contributed by atoms with van der Waals surface area (Å²) in [6, 6.07) is 21.8. The normalized spacial score (nSPS) is 10.9. The minimum absolute atomic E-state index is 0.0253. The van der Waals surface area contributed by atoms with E-state index in [4.69, 9.17) is 10.2 Å². The number of carbonyl (C=O) groups excluding carboxylic acids is 1. The number of benzene rings is 3. The van der Waals surface area contributed by atoms with Crippen LogP contribution in [0.1, 0.15) is 41.0 Å². The number of nitrogens with zero attached hydrogens (tertiary/aromatic N) is 1. The highest BCUT2D eigenvalue weighted by Gasteiger charge is 2.12. The van der Waals surface area contributed by atoms with Gasteiger partial charge in [0, 0.05) is 23.7 Å². The van der Waals surface area contributed by atoms with Crippen molar-refractivity contribution >= 4 is 23.3 Å². The Balaban J connectivity index is 0.000000270. The van der Waals surface area contributed by atoms with E-state index in [2.05, 4.69) is 10.3 Å². The molecule has 4 rings (SSSR count). The second-order valence-corrected chi connectivity index (χ2v) is 8.58. The van der Waals surface area contributed by atoms with Crippen molar-refractivity contribution in [1.82, 2.24) is 10.3 Å². The van der Waals surface area contributed by atoms with Crippen molar-refractivity contribution in [3.8, 4) is 16.9 Å². The molecule has 8 heteroatoms. The molecular formula is C30H34N2O6. The lowest BCUT2D eigenvalue weighted by molar-refractivity contribution is -0.110. The van der Waals surface area contributed by atoms with Crippen LogP contribution in [0.2, 0.25) is 0 Å². The lowest BCUT2D eigenvalue weighted by atomic mass is 9.99. The minimum Gasteiger partial charge on any atom is -0.508 e. The van der Waals surface area contributed by atoms with Gasteiger partial charge in [0.1, 0.15) is 5.75 Å². The Morgan fingerprint density at radius 3 is 2.24 bits per heavy atom. The van der Waals surface area contributed by atoms with E-state index in [9.17, 15) is 19.8 Å². The number of hydrogen-bond acceptors (Lipinski definition) is 6. The summed E-state index contributed by atoms with van der Waals surface area (Å²) in [5.41, 5.74) is 5.35. The number of aromatic hydroxyl groups is 1. The van der Waals surface area contributed by atoms with Gasteiger partial charge in [0.05, 0.1) is 17.7 Å². The van der Waals surface area contributed by atoms with Crippen LogP contribution in [0.4, 0.5) is 0 Å². The summed E-state index contributed by atoms with van der Waals surface area (Å²) in [6.07, 6.45) is 1.48. The summed E-state index contributed by atoms with van der Waals surface area (Å²) in [4.78, 5) is 25.9. The molecular weight excluding hydrogens is 484 g/mol. The van der Waals surface area contributed by atoms with Crippen molar-refractivity contribution < 1.29 is 30.0 Å². The number of carboxylic acids is 1. The van der Waals surface area contributed by atoms with E-state index in [1.165, 1.54) is 0 Å². The van der Waals surface area contributed by atoms with E-state index in [1.54, 1.807) is 32.0 Å². The van der Waals surface area contributed by atoms with Crippen molar-refractivity contribution in [2.45, 2.75) is 39.8 Å². The van der Waals surface area contributed by atoms with E-state index >= 15 is 0 Å². The molecule has 0 aliphatic heterocycles. The van der Waals surface area contributed by atoms with Gasteiger partial charge in [-0.25, -0.2) is 4.79 Å². The van der Waals surface area contributed by atoms with Crippen molar-refractivity contribution in [1.29, 1.82) is 0 Å². The Hall–Kier alpha value is -4.27. The van der Waals surface area contributed by atoms with E-state index in [0.717, 1.165) is 28.7 Å². The first kappa shape index (κ1) is 30.0. The number of pyridine rings is 1. The fourth-order valence-corrected chi connectivity index (χ4v) is 3.72. The number of hydrogen-bond donors (Lipinski definition) is 5. The highest BCUT2D eigenvalue weighted by molar-refractivity contribution is 6.03. The van der Waals surface area contributed by atoms with E-state index in [-0.39, 0.29) is 30.6 Å². The quantitative estimate of drug-likeness (QED) is 0.227. The number of aliphatic hydroxyl groups excluding tert-OH is 2. The predicted molar refractivity (Wildman–Crippen MR) is 148 cm³/mol. The van der Waals surface area contributed by atoms with Gasteiger partial charge in [-0.1, -0.05) is 36.4 Å². The van der Waals surface area contributed by atoms with Crippen LogP contribution in [0.15, 0.2) is 72.8 Å². The molecule has 0 aliphatic carbocycles. The van der Waals surface area contributed by atoms with Crippen LogP contribution in [0.3, 0.4) is 0 Å². The highest BCUT2D eigenvalue weighted by Crippen LogP contribution is 2.27. The Morgan fingerprint density at radius 1 is 0.974 bits per heavy atom. The van der Waals surface area contributed by atoms with Crippen LogP contribution in [0.5, 0.6) is 5.75 Å². The summed E-state index contributed by atoms with van der Waals surface area (Å²) in [7, 11) is 0.